The largest absolute Gasteiger partial charge is 0.314 e. The quantitative estimate of drug-likeness (QED) is 0.867. The monoisotopic (exact) mass is 234 g/mol. The first kappa shape index (κ1) is 13.7. The van der Waals surface area contributed by atoms with E-state index in [0.717, 1.165) is 17.8 Å². The number of likely N-dealkylation sites (N-methyl/N-ethyl adjacent to an activating group) is 2. The van der Waals surface area contributed by atoms with E-state index >= 15 is 0 Å². The topological polar surface area (TPSA) is 32.3 Å². The van der Waals surface area contributed by atoms with Crippen LogP contribution in [0.2, 0.25) is 0 Å². The second kappa shape index (κ2) is 5.32. The van der Waals surface area contributed by atoms with Crippen molar-refractivity contribution in [2.75, 3.05) is 18.5 Å². The van der Waals surface area contributed by atoms with Gasteiger partial charge in [-0.2, -0.15) is 0 Å². The number of carbonyl (C=O) groups excluding carboxylic acids is 1. The van der Waals surface area contributed by atoms with Gasteiger partial charge in [-0.25, -0.2) is 0 Å². The summed E-state index contributed by atoms with van der Waals surface area (Å²) < 4.78 is 0. The number of rotatable bonds is 4. The van der Waals surface area contributed by atoms with Gasteiger partial charge in [0.1, 0.15) is 0 Å². The van der Waals surface area contributed by atoms with E-state index in [1.165, 1.54) is 0 Å². The van der Waals surface area contributed by atoms with Crippen LogP contribution in [0.3, 0.4) is 0 Å². The highest BCUT2D eigenvalue weighted by Gasteiger charge is 2.30. The average molecular weight is 234 g/mol. The molecule has 0 aliphatic rings. The third-order valence-electron chi connectivity index (χ3n) is 2.93. The summed E-state index contributed by atoms with van der Waals surface area (Å²) in [6, 6.07) is 7.91. The number of carbonyl (C=O) groups is 1. The second-order valence-electron chi connectivity index (χ2n) is 4.81. The number of amides is 1. The van der Waals surface area contributed by atoms with Crippen molar-refractivity contribution in [1.29, 1.82) is 0 Å². The normalized spacial score (nSPS) is 11.4. The van der Waals surface area contributed by atoms with Gasteiger partial charge in [0.25, 0.3) is 0 Å². The van der Waals surface area contributed by atoms with Crippen LogP contribution < -0.4 is 10.2 Å². The van der Waals surface area contributed by atoms with E-state index in [9.17, 15) is 4.79 Å². The standard InChI is InChI=1S/C14H22N2O/c1-6-15-14(3,4)13(17)16(5)12-10-8-7-9-11(12)2/h7-10,15H,6H2,1-5H3. The summed E-state index contributed by atoms with van der Waals surface area (Å²) in [7, 11) is 1.82. The van der Waals surface area contributed by atoms with E-state index in [-0.39, 0.29) is 5.91 Å². The van der Waals surface area contributed by atoms with Crippen molar-refractivity contribution in [2.45, 2.75) is 33.2 Å². The number of aryl methyl sites for hydroxylation is 1. The first-order valence-electron chi connectivity index (χ1n) is 5.99. The van der Waals surface area contributed by atoms with Crippen LogP contribution in [0.25, 0.3) is 0 Å². The zero-order chi connectivity index (χ0) is 13.1. The lowest BCUT2D eigenvalue weighted by atomic mass is 10.0. The lowest BCUT2D eigenvalue weighted by molar-refractivity contribution is -0.123. The minimum Gasteiger partial charge on any atom is -0.314 e. The molecule has 0 aromatic heterocycles. The number of nitrogens with one attached hydrogen (secondary N) is 1. The lowest BCUT2D eigenvalue weighted by Crippen LogP contribution is -2.53. The molecule has 0 fully saturated rings. The predicted molar refractivity (Wildman–Crippen MR) is 72.3 cm³/mol. The van der Waals surface area contributed by atoms with Gasteiger partial charge < -0.3 is 10.2 Å². The van der Waals surface area contributed by atoms with Crippen molar-refractivity contribution in [3.63, 3.8) is 0 Å². The molecule has 0 aliphatic heterocycles. The summed E-state index contributed by atoms with van der Waals surface area (Å²) in [5.41, 5.74) is 1.53. The molecule has 3 nitrogen and oxygen atoms in total. The molecule has 0 atom stereocenters. The molecule has 0 radical (unpaired) electrons. The van der Waals surface area contributed by atoms with Gasteiger partial charge in [0.2, 0.25) is 5.91 Å². The van der Waals surface area contributed by atoms with Crippen molar-refractivity contribution in [3.8, 4) is 0 Å². The smallest absolute Gasteiger partial charge is 0.246 e. The Hall–Kier alpha value is -1.35. The van der Waals surface area contributed by atoms with Crippen LogP contribution in [0.15, 0.2) is 24.3 Å². The molecule has 1 rings (SSSR count). The fraction of sp³-hybridized carbons (Fsp3) is 0.500. The van der Waals surface area contributed by atoms with Crippen molar-refractivity contribution >= 4 is 11.6 Å². The molecular weight excluding hydrogens is 212 g/mol. The Balaban J connectivity index is 2.94. The lowest BCUT2D eigenvalue weighted by Gasteiger charge is -2.30. The summed E-state index contributed by atoms with van der Waals surface area (Å²) in [6.07, 6.45) is 0. The Morgan fingerprint density at radius 3 is 2.47 bits per heavy atom. The van der Waals surface area contributed by atoms with Gasteiger partial charge in [-0.15, -0.1) is 0 Å². The first-order chi connectivity index (χ1) is 7.90. The van der Waals surface area contributed by atoms with Crippen molar-refractivity contribution in [3.05, 3.63) is 29.8 Å². The van der Waals surface area contributed by atoms with Gasteiger partial charge in [-0.3, -0.25) is 4.79 Å². The molecule has 0 aliphatic carbocycles. The van der Waals surface area contributed by atoms with Crippen molar-refractivity contribution < 1.29 is 4.79 Å². The van der Waals surface area contributed by atoms with Gasteiger partial charge in [0.15, 0.2) is 0 Å². The van der Waals surface area contributed by atoms with Crippen LogP contribution in [0.1, 0.15) is 26.3 Å². The minimum atomic E-state index is -0.536. The molecule has 17 heavy (non-hydrogen) atoms. The van der Waals surface area contributed by atoms with Crippen molar-refractivity contribution in [2.24, 2.45) is 0 Å². The molecule has 3 heteroatoms. The van der Waals surface area contributed by atoms with Crippen LogP contribution in [0.5, 0.6) is 0 Å². The maximum Gasteiger partial charge on any atom is 0.246 e. The van der Waals surface area contributed by atoms with Gasteiger partial charge >= 0.3 is 0 Å². The van der Waals surface area contributed by atoms with Crippen LogP contribution >= 0.6 is 0 Å². The van der Waals surface area contributed by atoms with E-state index in [0.29, 0.717) is 0 Å². The molecule has 0 heterocycles. The van der Waals surface area contributed by atoms with Gasteiger partial charge in [-0.05, 0) is 38.9 Å². The minimum absolute atomic E-state index is 0.0775. The van der Waals surface area contributed by atoms with Gasteiger partial charge in [-0.1, -0.05) is 25.1 Å². The summed E-state index contributed by atoms with van der Waals surface area (Å²) in [4.78, 5) is 14.1. The molecule has 1 aromatic rings. The molecule has 0 saturated carbocycles. The Labute approximate surface area is 104 Å². The highest BCUT2D eigenvalue weighted by molar-refractivity contribution is 5.99. The maximum atomic E-state index is 12.4. The summed E-state index contributed by atoms with van der Waals surface area (Å²) in [6.45, 7) is 8.61. The third-order valence-corrected chi connectivity index (χ3v) is 2.93. The Bertz CT molecular complexity index is 399. The molecule has 0 spiro atoms. The molecule has 94 valence electrons. The number of hydrogen-bond acceptors (Lipinski definition) is 2. The predicted octanol–water partition coefficient (Wildman–Crippen LogP) is 2.35. The highest BCUT2D eigenvalue weighted by Crippen LogP contribution is 2.20. The van der Waals surface area contributed by atoms with Gasteiger partial charge in [0, 0.05) is 12.7 Å². The Kier molecular flexibility index (Phi) is 4.29. The molecular formula is C14H22N2O. The first-order valence-corrected chi connectivity index (χ1v) is 5.99. The third kappa shape index (κ3) is 3.07. The number of para-hydroxylation sites is 1. The zero-order valence-corrected chi connectivity index (χ0v) is 11.4. The van der Waals surface area contributed by atoms with Crippen LogP contribution in [0, 0.1) is 6.92 Å². The summed E-state index contributed by atoms with van der Waals surface area (Å²) >= 11 is 0. The molecule has 0 bridgehead atoms. The highest BCUT2D eigenvalue weighted by atomic mass is 16.2. The van der Waals surface area contributed by atoms with E-state index in [1.807, 2.05) is 59.0 Å². The van der Waals surface area contributed by atoms with E-state index in [1.54, 1.807) is 4.90 Å². The van der Waals surface area contributed by atoms with E-state index in [4.69, 9.17) is 0 Å². The number of nitrogens with zero attached hydrogens (tertiary/aromatic N) is 1. The molecule has 1 amide bonds. The number of anilines is 1. The van der Waals surface area contributed by atoms with Crippen molar-refractivity contribution in [1.82, 2.24) is 5.32 Å². The fourth-order valence-electron chi connectivity index (χ4n) is 1.99. The van der Waals surface area contributed by atoms with Crippen LogP contribution in [-0.2, 0) is 4.79 Å². The van der Waals surface area contributed by atoms with Crippen LogP contribution in [0.4, 0.5) is 5.69 Å². The molecule has 0 unspecified atom stereocenters. The van der Waals surface area contributed by atoms with Crippen LogP contribution in [-0.4, -0.2) is 25.0 Å². The Morgan fingerprint density at radius 2 is 1.94 bits per heavy atom. The average Bonchev–Trinajstić information content (AvgIpc) is 2.27. The second-order valence-corrected chi connectivity index (χ2v) is 4.81. The molecule has 0 saturated heterocycles. The number of benzene rings is 1. The summed E-state index contributed by atoms with van der Waals surface area (Å²) in [5, 5.41) is 3.20. The summed E-state index contributed by atoms with van der Waals surface area (Å²) in [5.74, 6) is 0.0775. The molecule has 1 aromatic carbocycles. The SMILES string of the molecule is CCNC(C)(C)C(=O)N(C)c1ccccc1C. The van der Waals surface area contributed by atoms with E-state index in [2.05, 4.69) is 5.32 Å². The maximum absolute atomic E-state index is 12.4. The zero-order valence-electron chi connectivity index (χ0n) is 11.4. The fourth-order valence-corrected chi connectivity index (χ4v) is 1.99. The molecule has 1 N–H and O–H groups in total. The van der Waals surface area contributed by atoms with Gasteiger partial charge in [0.05, 0.1) is 5.54 Å². The van der Waals surface area contributed by atoms with E-state index < -0.39 is 5.54 Å². The number of hydrogen-bond donors (Lipinski definition) is 1. The Morgan fingerprint density at radius 1 is 1.35 bits per heavy atom.